The quantitative estimate of drug-likeness (QED) is 0.252. The monoisotopic (exact) mass is 507 g/mol. The van der Waals surface area contributed by atoms with E-state index in [-0.39, 0.29) is 16.5 Å². The van der Waals surface area contributed by atoms with Gasteiger partial charge < -0.3 is 4.74 Å². The van der Waals surface area contributed by atoms with Gasteiger partial charge in [0.15, 0.2) is 0 Å². The fourth-order valence-corrected chi connectivity index (χ4v) is 7.52. The molecule has 2 nitrogen and oxygen atoms in total. The highest BCUT2D eigenvalue weighted by Crippen LogP contribution is 2.56. The summed E-state index contributed by atoms with van der Waals surface area (Å²) in [5, 5.41) is 0.947. The second-order valence-electron chi connectivity index (χ2n) is 12.0. The van der Waals surface area contributed by atoms with E-state index in [4.69, 9.17) is 4.74 Å². The Morgan fingerprint density at radius 3 is 1.78 bits per heavy atom. The van der Waals surface area contributed by atoms with Crippen molar-refractivity contribution in [3.05, 3.63) is 119 Å². The second kappa shape index (κ2) is 9.58. The van der Waals surface area contributed by atoms with Gasteiger partial charge in [0.2, 0.25) is 11.0 Å². The third kappa shape index (κ3) is 4.88. The fraction of sp³-hybridized carbons (Fsp3) is 0.294. The van der Waals surface area contributed by atoms with Crippen LogP contribution in [0.4, 0.5) is 0 Å². The maximum atomic E-state index is 14.9. The van der Waals surface area contributed by atoms with Gasteiger partial charge in [0.05, 0.1) is 0 Å². The van der Waals surface area contributed by atoms with Crippen molar-refractivity contribution in [2.45, 2.75) is 64.6 Å². The number of hydrogen-bond acceptors (Lipinski definition) is 2. The molecule has 0 bridgehead atoms. The highest BCUT2D eigenvalue weighted by Gasteiger charge is 2.46. The molecule has 0 N–H and O–H groups in total. The van der Waals surface area contributed by atoms with E-state index in [1.54, 1.807) is 0 Å². The Bertz CT molecular complexity index is 1410. The number of para-hydroxylation sites is 1. The zero-order chi connectivity index (χ0) is 26.4. The van der Waals surface area contributed by atoms with Crippen LogP contribution in [0.25, 0.3) is 11.1 Å². The first-order valence-corrected chi connectivity index (χ1v) is 14.4. The summed E-state index contributed by atoms with van der Waals surface area (Å²) in [6.45, 7) is 13.8. The molecule has 5 rings (SSSR count). The lowest BCUT2D eigenvalue weighted by Crippen LogP contribution is -2.27. The Hall–Kier alpha value is -3.22. The Kier molecular flexibility index (Phi) is 6.59. The zero-order valence-electron chi connectivity index (χ0n) is 22.7. The smallest absolute Gasteiger partial charge is 0.390 e. The van der Waals surface area contributed by atoms with Crippen LogP contribution in [0.3, 0.4) is 0 Å². The summed E-state index contributed by atoms with van der Waals surface area (Å²) in [6, 6.07) is 31.3. The number of benzene rings is 4. The zero-order valence-corrected chi connectivity index (χ0v) is 23.6. The Morgan fingerprint density at radius 2 is 1.24 bits per heavy atom. The topological polar surface area (TPSA) is 26.3 Å². The van der Waals surface area contributed by atoms with Crippen LogP contribution < -0.4 is 10.0 Å². The van der Waals surface area contributed by atoms with Crippen molar-refractivity contribution in [2.24, 2.45) is 0 Å². The van der Waals surface area contributed by atoms with E-state index in [1.165, 1.54) is 16.7 Å². The lowest BCUT2D eigenvalue weighted by Gasteiger charge is -2.27. The molecule has 1 aliphatic carbocycles. The molecule has 0 radical (unpaired) electrons. The van der Waals surface area contributed by atoms with Gasteiger partial charge in [-0.2, -0.15) is 0 Å². The first-order valence-electron chi connectivity index (χ1n) is 13.1. The summed E-state index contributed by atoms with van der Waals surface area (Å²) < 4.78 is 21.2. The van der Waals surface area contributed by atoms with E-state index in [2.05, 4.69) is 102 Å². The van der Waals surface area contributed by atoms with Crippen molar-refractivity contribution in [3.63, 3.8) is 0 Å². The molecule has 0 saturated carbocycles. The highest BCUT2D eigenvalue weighted by molar-refractivity contribution is 7.54. The molecule has 37 heavy (non-hydrogen) atoms. The molecule has 0 spiro atoms. The SMILES string of the molecule is CC(C)(C)c1cc(COc2ccccc2)c([P+](=O)C2c3ccccc3-c3ccccc32)c(C(C)(C)C)c1. The van der Waals surface area contributed by atoms with Crippen LogP contribution in [0.5, 0.6) is 5.75 Å². The lowest BCUT2D eigenvalue weighted by molar-refractivity contribution is 0.306. The number of rotatable bonds is 5. The van der Waals surface area contributed by atoms with Crippen molar-refractivity contribution in [2.75, 3.05) is 0 Å². The largest absolute Gasteiger partial charge is 0.489 e. The molecule has 0 heterocycles. The highest BCUT2D eigenvalue weighted by atomic mass is 31.1. The Balaban J connectivity index is 1.71. The van der Waals surface area contributed by atoms with Gasteiger partial charge >= 0.3 is 7.80 Å². The summed E-state index contributed by atoms with van der Waals surface area (Å²) in [7, 11) is -1.81. The van der Waals surface area contributed by atoms with Crippen LogP contribution in [-0.4, -0.2) is 0 Å². The summed E-state index contributed by atoms with van der Waals surface area (Å²) in [5.41, 5.74) is 7.69. The van der Waals surface area contributed by atoms with E-state index >= 15 is 0 Å². The van der Waals surface area contributed by atoms with Crippen LogP contribution in [0.2, 0.25) is 0 Å². The van der Waals surface area contributed by atoms with Crippen molar-refractivity contribution < 1.29 is 9.30 Å². The van der Waals surface area contributed by atoms with Crippen LogP contribution >= 0.6 is 7.80 Å². The van der Waals surface area contributed by atoms with Gasteiger partial charge in [0, 0.05) is 22.3 Å². The molecular formula is C34H36O2P+. The Labute approximate surface area is 222 Å². The standard InChI is InChI=1S/C34H36O2P/c1-33(2,3)24-20-23(22-36-25-14-8-7-9-15-25)31(30(21-24)34(4,5)6)37(35)32-28-18-12-10-16-26(28)27-17-11-13-19-29(27)32/h7-21,32H,22H2,1-6H3/q+1. The second-order valence-corrected chi connectivity index (χ2v) is 13.7. The van der Waals surface area contributed by atoms with Crippen LogP contribution in [0.15, 0.2) is 91.0 Å². The molecule has 0 amide bonds. The number of fused-ring (bicyclic) bond motifs is 3. The van der Waals surface area contributed by atoms with E-state index in [9.17, 15) is 4.57 Å². The molecule has 0 aliphatic heterocycles. The van der Waals surface area contributed by atoms with Crippen LogP contribution in [0.1, 0.15) is 75.0 Å². The van der Waals surface area contributed by atoms with Gasteiger partial charge in [0.25, 0.3) is 0 Å². The summed E-state index contributed by atoms with van der Waals surface area (Å²) in [6.07, 6.45) is 0. The molecule has 4 aromatic carbocycles. The molecule has 1 aliphatic rings. The van der Waals surface area contributed by atoms with Gasteiger partial charge in [-0.1, -0.05) is 119 Å². The van der Waals surface area contributed by atoms with Gasteiger partial charge in [-0.25, -0.2) is 0 Å². The predicted molar refractivity (Wildman–Crippen MR) is 156 cm³/mol. The Morgan fingerprint density at radius 1 is 0.703 bits per heavy atom. The van der Waals surface area contributed by atoms with E-state index < -0.39 is 7.80 Å². The van der Waals surface area contributed by atoms with Gasteiger partial charge in [-0.3, -0.25) is 0 Å². The normalized spacial score (nSPS) is 13.7. The molecule has 0 saturated heterocycles. The third-order valence-corrected chi connectivity index (χ3v) is 9.25. The molecule has 0 fully saturated rings. The molecule has 1 atom stereocenters. The fourth-order valence-electron chi connectivity index (χ4n) is 5.26. The third-order valence-electron chi connectivity index (χ3n) is 7.26. The summed E-state index contributed by atoms with van der Waals surface area (Å²) in [5.74, 6) is 0.818. The molecular weight excluding hydrogens is 471 g/mol. The minimum Gasteiger partial charge on any atom is -0.489 e. The van der Waals surface area contributed by atoms with E-state index in [0.717, 1.165) is 33.3 Å². The minimum atomic E-state index is -1.81. The summed E-state index contributed by atoms with van der Waals surface area (Å²) >= 11 is 0. The average Bonchev–Trinajstić information content (AvgIpc) is 3.20. The van der Waals surface area contributed by atoms with Crippen LogP contribution in [-0.2, 0) is 22.0 Å². The number of hydrogen-bond donors (Lipinski definition) is 0. The molecule has 188 valence electrons. The van der Waals surface area contributed by atoms with Crippen molar-refractivity contribution >= 4 is 13.1 Å². The predicted octanol–water partition coefficient (Wildman–Crippen LogP) is 9.08. The van der Waals surface area contributed by atoms with Crippen molar-refractivity contribution in [3.8, 4) is 16.9 Å². The number of ether oxygens (including phenoxy) is 1. The first kappa shape index (κ1) is 25.4. The molecule has 0 aromatic heterocycles. The molecule has 3 heteroatoms. The maximum absolute atomic E-state index is 14.9. The first-order chi connectivity index (χ1) is 17.6. The van der Waals surface area contributed by atoms with Gasteiger partial charge in [-0.05, 0) is 45.7 Å². The average molecular weight is 508 g/mol. The van der Waals surface area contributed by atoms with Crippen molar-refractivity contribution in [1.29, 1.82) is 0 Å². The lowest BCUT2D eigenvalue weighted by atomic mass is 9.79. The van der Waals surface area contributed by atoms with Gasteiger partial charge in [-0.15, -0.1) is 0 Å². The molecule has 4 aromatic rings. The van der Waals surface area contributed by atoms with E-state index in [1.807, 2.05) is 30.3 Å². The molecule has 1 unspecified atom stereocenters. The van der Waals surface area contributed by atoms with Gasteiger partial charge in [0.1, 0.15) is 12.4 Å². The van der Waals surface area contributed by atoms with Crippen molar-refractivity contribution in [1.82, 2.24) is 0 Å². The minimum absolute atomic E-state index is 0.0434. The van der Waals surface area contributed by atoms with Crippen LogP contribution in [0, 0.1) is 0 Å². The van der Waals surface area contributed by atoms with E-state index in [0.29, 0.717) is 6.61 Å². The summed E-state index contributed by atoms with van der Waals surface area (Å²) in [4.78, 5) is 0. The maximum Gasteiger partial charge on any atom is 0.390 e.